The van der Waals surface area contributed by atoms with Crippen LogP contribution >= 0.6 is 11.8 Å². The number of hydrogen-bond donors (Lipinski definition) is 1. The molecule has 0 bridgehead atoms. The number of non-ortho nitro benzene ring substituents is 1. The van der Waals surface area contributed by atoms with E-state index in [-0.39, 0.29) is 10.6 Å². The van der Waals surface area contributed by atoms with Gasteiger partial charge in [-0.15, -0.1) is 11.8 Å². The van der Waals surface area contributed by atoms with Gasteiger partial charge in [-0.2, -0.15) is 0 Å². The molecule has 2 aromatic carbocycles. The molecule has 110 valence electrons. The van der Waals surface area contributed by atoms with Crippen molar-refractivity contribution in [2.24, 2.45) is 0 Å². The van der Waals surface area contributed by atoms with Gasteiger partial charge in [-0.25, -0.2) is 0 Å². The Hall–Kier alpha value is -1.85. The molecule has 0 amide bonds. The molecule has 0 aliphatic rings. The average molecular weight is 302 g/mol. The SMILES string of the molecule is O=[N+]([O-])c1ccc(CCNCCSc2ccccc2)cc1. The van der Waals surface area contributed by atoms with E-state index < -0.39 is 0 Å². The number of nitrogens with zero attached hydrogens (tertiary/aromatic N) is 1. The predicted octanol–water partition coefficient (Wildman–Crippen LogP) is 3.52. The van der Waals surface area contributed by atoms with Gasteiger partial charge in [0.25, 0.3) is 5.69 Å². The summed E-state index contributed by atoms with van der Waals surface area (Å²) in [6.07, 6.45) is 0.883. The quantitative estimate of drug-likeness (QED) is 0.351. The minimum absolute atomic E-state index is 0.144. The van der Waals surface area contributed by atoms with Crippen molar-refractivity contribution in [2.75, 3.05) is 18.8 Å². The van der Waals surface area contributed by atoms with Gasteiger partial charge in [-0.1, -0.05) is 30.3 Å². The summed E-state index contributed by atoms with van der Waals surface area (Å²) in [5, 5.41) is 13.9. The van der Waals surface area contributed by atoms with Gasteiger partial charge in [0.2, 0.25) is 0 Å². The number of nitrogens with one attached hydrogen (secondary N) is 1. The second-order valence-electron chi connectivity index (χ2n) is 4.59. The third-order valence-corrected chi connectivity index (χ3v) is 4.04. The zero-order chi connectivity index (χ0) is 14.9. The van der Waals surface area contributed by atoms with Crippen LogP contribution in [0.3, 0.4) is 0 Å². The van der Waals surface area contributed by atoms with E-state index in [9.17, 15) is 10.1 Å². The zero-order valence-corrected chi connectivity index (χ0v) is 12.5. The molecule has 0 fully saturated rings. The van der Waals surface area contributed by atoms with Crippen LogP contribution < -0.4 is 5.32 Å². The molecule has 0 aliphatic carbocycles. The van der Waals surface area contributed by atoms with Crippen LogP contribution in [0.1, 0.15) is 5.56 Å². The normalized spacial score (nSPS) is 10.5. The summed E-state index contributed by atoms with van der Waals surface area (Å²) < 4.78 is 0. The van der Waals surface area contributed by atoms with Crippen molar-refractivity contribution in [1.29, 1.82) is 0 Å². The largest absolute Gasteiger partial charge is 0.316 e. The van der Waals surface area contributed by atoms with Gasteiger partial charge in [0, 0.05) is 29.3 Å². The van der Waals surface area contributed by atoms with E-state index in [1.54, 1.807) is 12.1 Å². The Morgan fingerprint density at radius 3 is 2.38 bits per heavy atom. The first kappa shape index (κ1) is 15.5. The lowest BCUT2D eigenvalue weighted by molar-refractivity contribution is -0.384. The van der Waals surface area contributed by atoms with Gasteiger partial charge in [-0.05, 0) is 30.7 Å². The van der Waals surface area contributed by atoms with Crippen LogP contribution in [0, 0.1) is 10.1 Å². The monoisotopic (exact) mass is 302 g/mol. The topological polar surface area (TPSA) is 55.2 Å². The third-order valence-electron chi connectivity index (χ3n) is 3.03. The predicted molar refractivity (Wildman–Crippen MR) is 86.8 cm³/mol. The molecule has 0 atom stereocenters. The highest BCUT2D eigenvalue weighted by Crippen LogP contribution is 2.15. The lowest BCUT2D eigenvalue weighted by atomic mass is 10.1. The summed E-state index contributed by atoms with van der Waals surface area (Å²) in [6.45, 7) is 1.83. The highest BCUT2D eigenvalue weighted by molar-refractivity contribution is 7.99. The molecule has 5 heteroatoms. The molecule has 0 saturated carbocycles. The van der Waals surface area contributed by atoms with Crippen LogP contribution in [0.15, 0.2) is 59.5 Å². The van der Waals surface area contributed by atoms with Gasteiger partial charge >= 0.3 is 0 Å². The second kappa shape index (κ2) is 8.44. The highest BCUT2D eigenvalue weighted by Gasteiger charge is 2.03. The molecule has 0 radical (unpaired) electrons. The highest BCUT2D eigenvalue weighted by atomic mass is 32.2. The summed E-state index contributed by atoms with van der Waals surface area (Å²) in [5.41, 5.74) is 1.26. The lowest BCUT2D eigenvalue weighted by Gasteiger charge is -2.05. The van der Waals surface area contributed by atoms with Crippen molar-refractivity contribution in [1.82, 2.24) is 5.32 Å². The van der Waals surface area contributed by atoms with E-state index in [0.717, 1.165) is 30.8 Å². The number of nitro groups is 1. The molecular formula is C16H18N2O2S. The second-order valence-corrected chi connectivity index (χ2v) is 5.75. The zero-order valence-electron chi connectivity index (χ0n) is 11.7. The maximum absolute atomic E-state index is 10.6. The molecule has 0 aliphatic heterocycles. The summed E-state index contributed by atoms with van der Waals surface area (Å²) >= 11 is 1.83. The van der Waals surface area contributed by atoms with E-state index in [4.69, 9.17) is 0 Å². The molecular weight excluding hydrogens is 284 g/mol. The molecule has 0 saturated heterocycles. The van der Waals surface area contributed by atoms with Crippen molar-refractivity contribution in [3.05, 3.63) is 70.3 Å². The summed E-state index contributed by atoms with van der Waals surface area (Å²) in [6, 6.07) is 17.1. The third kappa shape index (κ3) is 5.57. The fraction of sp³-hybridized carbons (Fsp3) is 0.250. The maximum Gasteiger partial charge on any atom is 0.269 e. The Morgan fingerprint density at radius 2 is 1.71 bits per heavy atom. The Morgan fingerprint density at radius 1 is 1.00 bits per heavy atom. The van der Waals surface area contributed by atoms with Crippen LogP contribution in [-0.2, 0) is 6.42 Å². The molecule has 0 spiro atoms. The minimum Gasteiger partial charge on any atom is -0.316 e. The molecule has 0 unspecified atom stereocenters. The Bertz CT molecular complexity index is 558. The van der Waals surface area contributed by atoms with E-state index in [1.807, 2.05) is 42.1 Å². The first-order chi connectivity index (χ1) is 10.3. The first-order valence-electron chi connectivity index (χ1n) is 6.87. The van der Waals surface area contributed by atoms with Gasteiger partial charge in [0.1, 0.15) is 0 Å². The molecule has 2 rings (SSSR count). The molecule has 21 heavy (non-hydrogen) atoms. The summed E-state index contributed by atoms with van der Waals surface area (Å²) in [5.74, 6) is 1.03. The van der Waals surface area contributed by atoms with Crippen molar-refractivity contribution >= 4 is 17.4 Å². The van der Waals surface area contributed by atoms with Gasteiger partial charge in [0.15, 0.2) is 0 Å². The van der Waals surface area contributed by atoms with Crippen LogP contribution in [0.4, 0.5) is 5.69 Å². The standard InChI is InChI=1S/C16H18N2O2S/c19-18(20)15-8-6-14(7-9-15)10-11-17-12-13-21-16-4-2-1-3-5-16/h1-9,17H,10-13H2. The average Bonchev–Trinajstić information content (AvgIpc) is 2.52. The molecule has 0 aromatic heterocycles. The summed E-state index contributed by atoms with van der Waals surface area (Å²) in [4.78, 5) is 11.5. The van der Waals surface area contributed by atoms with E-state index in [0.29, 0.717) is 0 Å². The Balaban J connectivity index is 1.60. The van der Waals surface area contributed by atoms with Gasteiger partial charge < -0.3 is 5.32 Å². The number of nitro benzene ring substituents is 1. The molecule has 2 aromatic rings. The Kier molecular flexibility index (Phi) is 6.24. The van der Waals surface area contributed by atoms with E-state index in [2.05, 4.69) is 17.4 Å². The van der Waals surface area contributed by atoms with Crippen molar-refractivity contribution in [3.63, 3.8) is 0 Å². The van der Waals surface area contributed by atoms with Gasteiger partial charge in [0.05, 0.1) is 4.92 Å². The fourth-order valence-corrected chi connectivity index (χ4v) is 2.73. The minimum atomic E-state index is -0.372. The fourth-order valence-electron chi connectivity index (χ4n) is 1.90. The molecule has 0 heterocycles. The number of hydrogen-bond acceptors (Lipinski definition) is 4. The lowest BCUT2D eigenvalue weighted by Crippen LogP contribution is -2.20. The first-order valence-corrected chi connectivity index (χ1v) is 7.86. The number of benzene rings is 2. The number of rotatable bonds is 8. The number of thioether (sulfide) groups is 1. The molecule has 4 nitrogen and oxygen atoms in total. The smallest absolute Gasteiger partial charge is 0.269 e. The van der Waals surface area contributed by atoms with E-state index >= 15 is 0 Å². The van der Waals surface area contributed by atoms with Crippen molar-refractivity contribution in [2.45, 2.75) is 11.3 Å². The van der Waals surface area contributed by atoms with Crippen LogP contribution in [0.2, 0.25) is 0 Å². The Labute approximate surface area is 128 Å². The van der Waals surface area contributed by atoms with E-state index in [1.165, 1.54) is 4.90 Å². The van der Waals surface area contributed by atoms with Gasteiger partial charge in [-0.3, -0.25) is 10.1 Å². The summed E-state index contributed by atoms with van der Waals surface area (Å²) in [7, 11) is 0. The molecule has 1 N–H and O–H groups in total. The maximum atomic E-state index is 10.6. The van der Waals surface area contributed by atoms with Crippen molar-refractivity contribution in [3.8, 4) is 0 Å². The van der Waals surface area contributed by atoms with Crippen LogP contribution in [0.25, 0.3) is 0 Å². The van der Waals surface area contributed by atoms with Crippen LogP contribution in [-0.4, -0.2) is 23.8 Å². The van der Waals surface area contributed by atoms with Crippen molar-refractivity contribution < 1.29 is 4.92 Å². The van der Waals surface area contributed by atoms with Crippen LogP contribution in [0.5, 0.6) is 0 Å².